The van der Waals surface area contributed by atoms with Crippen molar-refractivity contribution in [2.75, 3.05) is 5.32 Å². The molecule has 0 saturated heterocycles. The lowest BCUT2D eigenvalue weighted by molar-refractivity contribution is 0.249. The van der Waals surface area contributed by atoms with Crippen LogP contribution in [-0.4, -0.2) is 11.0 Å². The lowest BCUT2D eigenvalue weighted by Crippen LogP contribution is -2.31. The van der Waals surface area contributed by atoms with Gasteiger partial charge < -0.3 is 15.1 Å². The van der Waals surface area contributed by atoms with Crippen molar-refractivity contribution >= 4 is 27.6 Å². The number of carbonyl (C=O) groups is 1. The first-order chi connectivity index (χ1) is 12.4. The minimum atomic E-state index is -0.273. The van der Waals surface area contributed by atoms with E-state index in [0.29, 0.717) is 11.6 Å². The fourth-order valence-electron chi connectivity index (χ4n) is 2.59. The molecule has 1 aromatic heterocycles. The van der Waals surface area contributed by atoms with Gasteiger partial charge in [-0.05, 0) is 50.6 Å². The number of amides is 2. The number of hydrogen-bond donors (Lipinski definition) is 2. The van der Waals surface area contributed by atoms with Crippen molar-refractivity contribution in [2.24, 2.45) is 0 Å². The molecule has 3 aromatic rings. The summed E-state index contributed by atoms with van der Waals surface area (Å²) in [5.41, 5.74) is 3.37. The number of nitrogens with zero attached hydrogens (tertiary/aromatic N) is 1. The number of aromatic nitrogens is 1. The summed E-state index contributed by atoms with van der Waals surface area (Å²) in [6.07, 6.45) is 0. The average molecular weight is 414 g/mol. The zero-order chi connectivity index (χ0) is 18.7. The molecule has 0 aliphatic rings. The Hall–Kier alpha value is -2.60. The quantitative estimate of drug-likeness (QED) is 0.584. The highest BCUT2D eigenvalue weighted by molar-refractivity contribution is 9.10. The third kappa shape index (κ3) is 4.14. The Balaban J connectivity index is 1.70. The molecule has 5 nitrogen and oxygen atoms in total. The number of nitrogens with one attached hydrogen (secondary N) is 2. The van der Waals surface area contributed by atoms with Gasteiger partial charge in [0.05, 0.1) is 11.7 Å². The SMILES string of the molecule is Cc1nc(-c2cccc(NC(=O)NC(C)c3ccccc3Br)c2)oc1C. The third-order valence-corrected chi connectivity index (χ3v) is 4.84. The average Bonchev–Trinajstić information content (AvgIpc) is 2.94. The van der Waals surface area contributed by atoms with Crippen LogP contribution in [0, 0.1) is 13.8 Å². The first-order valence-electron chi connectivity index (χ1n) is 8.30. The Labute approximate surface area is 161 Å². The maximum absolute atomic E-state index is 12.3. The molecule has 0 spiro atoms. The highest BCUT2D eigenvalue weighted by Crippen LogP contribution is 2.25. The number of hydrogen-bond acceptors (Lipinski definition) is 3. The lowest BCUT2D eigenvalue weighted by Gasteiger charge is -2.16. The van der Waals surface area contributed by atoms with Crippen molar-refractivity contribution in [2.45, 2.75) is 26.8 Å². The van der Waals surface area contributed by atoms with Crippen LogP contribution >= 0.6 is 15.9 Å². The van der Waals surface area contributed by atoms with E-state index in [2.05, 4.69) is 31.5 Å². The zero-order valence-corrected chi connectivity index (χ0v) is 16.4. The van der Waals surface area contributed by atoms with Gasteiger partial charge in [-0.3, -0.25) is 0 Å². The fourth-order valence-corrected chi connectivity index (χ4v) is 3.22. The van der Waals surface area contributed by atoms with Crippen LogP contribution in [0.5, 0.6) is 0 Å². The summed E-state index contributed by atoms with van der Waals surface area (Å²) < 4.78 is 6.61. The van der Waals surface area contributed by atoms with Crippen LogP contribution in [0.25, 0.3) is 11.5 Å². The topological polar surface area (TPSA) is 67.2 Å². The van der Waals surface area contributed by atoms with Gasteiger partial charge in [0.2, 0.25) is 5.89 Å². The molecular weight excluding hydrogens is 394 g/mol. The summed E-state index contributed by atoms with van der Waals surface area (Å²) in [6, 6.07) is 14.8. The molecule has 2 aromatic carbocycles. The van der Waals surface area contributed by atoms with Gasteiger partial charge in [-0.2, -0.15) is 0 Å². The Morgan fingerprint density at radius 3 is 2.62 bits per heavy atom. The van der Waals surface area contributed by atoms with Gasteiger partial charge >= 0.3 is 6.03 Å². The number of oxazole rings is 1. The summed E-state index contributed by atoms with van der Waals surface area (Å²) in [4.78, 5) is 16.7. The predicted molar refractivity (Wildman–Crippen MR) is 106 cm³/mol. The van der Waals surface area contributed by atoms with Crippen molar-refractivity contribution < 1.29 is 9.21 Å². The van der Waals surface area contributed by atoms with Crippen molar-refractivity contribution in [3.05, 3.63) is 70.0 Å². The molecule has 1 unspecified atom stereocenters. The van der Waals surface area contributed by atoms with E-state index in [-0.39, 0.29) is 12.1 Å². The number of benzene rings is 2. The van der Waals surface area contributed by atoms with Crippen LogP contribution in [0.2, 0.25) is 0 Å². The Morgan fingerprint density at radius 1 is 1.15 bits per heavy atom. The minimum absolute atomic E-state index is 0.134. The maximum Gasteiger partial charge on any atom is 0.319 e. The molecule has 3 rings (SSSR count). The van der Waals surface area contributed by atoms with Crippen LogP contribution in [0.3, 0.4) is 0 Å². The smallest absolute Gasteiger partial charge is 0.319 e. The fraction of sp³-hybridized carbons (Fsp3) is 0.200. The molecule has 134 valence electrons. The normalized spacial score (nSPS) is 11.8. The molecule has 2 N–H and O–H groups in total. The second kappa shape index (κ2) is 7.74. The molecule has 0 bridgehead atoms. The monoisotopic (exact) mass is 413 g/mol. The highest BCUT2D eigenvalue weighted by atomic mass is 79.9. The zero-order valence-electron chi connectivity index (χ0n) is 14.8. The van der Waals surface area contributed by atoms with Crippen LogP contribution in [0.4, 0.5) is 10.5 Å². The second-order valence-electron chi connectivity index (χ2n) is 6.08. The molecule has 26 heavy (non-hydrogen) atoms. The molecule has 0 aliphatic carbocycles. The van der Waals surface area contributed by atoms with Crippen molar-refractivity contribution in [1.29, 1.82) is 0 Å². The summed E-state index contributed by atoms with van der Waals surface area (Å²) in [7, 11) is 0. The molecule has 0 saturated carbocycles. The standard InChI is InChI=1S/C20H20BrN3O2/c1-12-14(3)26-19(22-12)15-7-6-8-16(11-15)24-20(25)23-13(2)17-9-4-5-10-18(17)21/h4-11,13H,1-3H3,(H2,23,24,25). The maximum atomic E-state index is 12.3. The molecule has 1 heterocycles. The third-order valence-electron chi connectivity index (χ3n) is 4.12. The summed E-state index contributed by atoms with van der Waals surface area (Å²) >= 11 is 3.51. The molecule has 0 radical (unpaired) electrons. The molecular formula is C20H20BrN3O2. The van der Waals surface area contributed by atoms with E-state index in [1.54, 1.807) is 0 Å². The first-order valence-corrected chi connectivity index (χ1v) is 9.09. The van der Waals surface area contributed by atoms with Crippen LogP contribution in [-0.2, 0) is 0 Å². The summed E-state index contributed by atoms with van der Waals surface area (Å²) in [5.74, 6) is 1.34. The predicted octanol–water partition coefficient (Wildman–Crippen LogP) is 5.60. The second-order valence-corrected chi connectivity index (χ2v) is 6.94. The van der Waals surface area contributed by atoms with E-state index < -0.39 is 0 Å². The van der Waals surface area contributed by atoms with E-state index in [9.17, 15) is 4.79 Å². The van der Waals surface area contributed by atoms with Gasteiger partial charge in [-0.1, -0.05) is 40.2 Å². The van der Waals surface area contributed by atoms with Gasteiger partial charge in [0.15, 0.2) is 0 Å². The van der Waals surface area contributed by atoms with E-state index >= 15 is 0 Å². The van der Waals surface area contributed by atoms with E-state index in [1.165, 1.54) is 0 Å². The Bertz CT molecular complexity index is 917. The number of rotatable bonds is 4. The Morgan fingerprint density at radius 2 is 1.92 bits per heavy atom. The summed E-state index contributed by atoms with van der Waals surface area (Å²) in [5, 5.41) is 5.80. The number of aryl methyl sites for hydroxylation is 2. The van der Waals surface area contributed by atoms with Crippen molar-refractivity contribution in [3.63, 3.8) is 0 Å². The number of anilines is 1. The van der Waals surface area contributed by atoms with Crippen LogP contribution in [0.15, 0.2) is 57.4 Å². The highest BCUT2D eigenvalue weighted by Gasteiger charge is 2.13. The van der Waals surface area contributed by atoms with Crippen LogP contribution in [0.1, 0.15) is 30.0 Å². The Kier molecular flexibility index (Phi) is 5.42. The van der Waals surface area contributed by atoms with Gasteiger partial charge in [-0.25, -0.2) is 9.78 Å². The molecule has 2 amide bonds. The van der Waals surface area contributed by atoms with E-state index in [1.807, 2.05) is 69.3 Å². The van der Waals surface area contributed by atoms with Gasteiger partial charge in [0, 0.05) is 15.7 Å². The molecule has 0 aliphatic heterocycles. The molecule has 1 atom stereocenters. The van der Waals surface area contributed by atoms with Gasteiger partial charge in [0.1, 0.15) is 5.76 Å². The largest absolute Gasteiger partial charge is 0.441 e. The molecule has 0 fully saturated rings. The van der Waals surface area contributed by atoms with Crippen molar-refractivity contribution in [3.8, 4) is 11.5 Å². The van der Waals surface area contributed by atoms with E-state index in [4.69, 9.17) is 4.42 Å². The van der Waals surface area contributed by atoms with Gasteiger partial charge in [0.25, 0.3) is 0 Å². The first kappa shape index (κ1) is 18.2. The van der Waals surface area contributed by atoms with Crippen LogP contribution < -0.4 is 10.6 Å². The van der Waals surface area contributed by atoms with Gasteiger partial charge in [-0.15, -0.1) is 0 Å². The lowest BCUT2D eigenvalue weighted by atomic mass is 10.1. The minimum Gasteiger partial charge on any atom is -0.441 e. The summed E-state index contributed by atoms with van der Waals surface area (Å²) in [6.45, 7) is 5.72. The molecule has 6 heteroatoms. The van der Waals surface area contributed by atoms with Crippen molar-refractivity contribution in [1.82, 2.24) is 10.3 Å². The number of halogens is 1. The number of urea groups is 1. The van der Waals surface area contributed by atoms with E-state index in [0.717, 1.165) is 27.1 Å². The number of carbonyl (C=O) groups excluding carboxylic acids is 1.